The van der Waals surface area contributed by atoms with Crippen LogP contribution in [-0.4, -0.2) is 53.1 Å². The second-order valence-electron chi connectivity index (χ2n) is 9.09. The van der Waals surface area contributed by atoms with Gasteiger partial charge in [-0.1, -0.05) is 24.3 Å². The summed E-state index contributed by atoms with van der Waals surface area (Å²) in [4.78, 5) is 27.1. The van der Waals surface area contributed by atoms with Gasteiger partial charge in [-0.25, -0.2) is 9.18 Å². The summed E-state index contributed by atoms with van der Waals surface area (Å²) < 4.78 is 54.1. The van der Waals surface area contributed by atoms with Gasteiger partial charge in [0.15, 0.2) is 0 Å². The number of urea groups is 1. The summed E-state index contributed by atoms with van der Waals surface area (Å²) in [5.74, 6) is -2.33. The summed E-state index contributed by atoms with van der Waals surface area (Å²) in [6.45, 7) is 7.80. The molecule has 0 aromatic heterocycles. The highest BCUT2D eigenvalue weighted by molar-refractivity contribution is 5.78. The molecule has 1 saturated heterocycles. The van der Waals surface area contributed by atoms with Crippen LogP contribution in [0.1, 0.15) is 56.2 Å². The molecule has 196 valence electrons. The quantitative estimate of drug-likeness (QED) is 0.316. The zero-order chi connectivity index (χ0) is 26.5. The number of hydrogen-bond acceptors (Lipinski definition) is 3. The SMILES string of the molecule is C=C(/C=C\C1=C(C)NCCC1)CCCN1CCN([C@@H](CC(=O)O)c2cc(C(F)(F)F)ccc2F)C1=O. The van der Waals surface area contributed by atoms with Crippen LogP contribution in [0.3, 0.4) is 0 Å². The molecule has 0 saturated carbocycles. The van der Waals surface area contributed by atoms with E-state index < -0.39 is 47.6 Å². The summed E-state index contributed by atoms with van der Waals surface area (Å²) in [5.41, 5.74) is 1.74. The monoisotopic (exact) mass is 509 g/mol. The number of halogens is 4. The number of nitrogens with one attached hydrogen (secondary N) is 1. The van der Waals surface area contributed by atoms with Gasteiger partial charge in [0, 0.05) is 37.4 Å². The molecule has 1 fully saturated rings. The normalized spacial score (nSPS) is 17.6. The van der Waals surface area contributed by atoms with Crippen molar-refractivity contribution in [2.75, 3.05) is 26.2 Å². The van der Waals surface area contributed by atoms with Gasteiger partial charge in [-0.3, -0.25) is 4.79 Å². The van der Waals surface area contributed by atoms with Gasteiger partial charge in [0.25, 0.3) is 0 Å². The van der Waals surface area contributed by atoms with E-state index in [9.17, 15) is 32.3 Å². The molecule has 0 spiro atoms. The minimum absolute atomic E-state index is 0.0910. The van der Waals surface area contributed by atoms with Gasteiger partial charge < -0.3 is 20.2 Å². The number of aliphatic carboxylic acids is 1. The fourth-order valence-corrected chi connectivity index (χ4v) is 4.49. The number of carbonyl (C=O) groups is 2. The lowest BCUT2D eigenvalue weighted by atomic mass is 9.99. The van der Waals surface area contributed by atoms with E-state index in [1.807, 2.05) is 19.1 Å². The van der Waals surface area contributed by atoms with Crippen LogP contribution in [0.4, 0.5) is 22.4 Å². The highest BCUT2D eigenvalue weighted by Crippen LogP contribution is 2.35. The van der Waals surface area contributed by atoms with Gasteiger partial charge in [-0.2, -0.15) is 13.2 Å². The minimum Gasteiger partial charge on any atom is -0.481 e. The van der Waals surface area contributed by atoms with Crippen LogP contribution in [0, 0.1) is 5.82 Å². The predicted octanol–water partition coefficient (Wildman–Crippen LogP) is 5.65. The van der Waals surface area contributed by atoms with E-state index in [4.69, 9.17) is 0 Å². The number of hydrogen-bond donors (Lipinski definition) is 2. The molecule has 36 heavy (non-hydrogen) atoms. The lowest BCUT2D eigenvalue weighted by Crippen LogP contribution is -2.36. The standard InChI is InChI=1S/C26H31F4N3O3/c1-17(7-8-19-6-3-11-31-18(19)2)5-4-12-32-13-14-33(25(32)36)23(16-24(34)35)21-15-20(26(28,29)30)9-10-22(21)27/h7-10,15,23,31H,1,3-6,11-14,16H2,2H3,(H,34,35)/b8-7-/t23-/m0/s1. The highest BCUT2D eigenvalue weighted by atomic mass is 19.4. The Hall–Kier alpha value is -3.30. The average Bonchev–Trinajstić information content (AvgIpc) is 3.16. The van der Waals surface area contributed by atoms with Crippen LogP contribution in [-0.2, 0) is 11.0 Å². The lowest BCUT2D eigenvalue weighted by molar-refractivity contribution is -0.138. The van der Waals surface area contributed by atoms with Crippen molar-refractivity contribution in [1.29, 1.82) is 0 Å². The van der Waals surface area contributed by atoms with Gasteiger partial charge in [0.05, 0.1) is 18.0 Å². The van der Waals surface area contributed by atoms with Crippen molar-refractivity contribution in [3.8, 4) is 0 Å². The zero-order valence-electron chi connectivity index (χ0n) is 20.2. The van der Waals surface area contributed by atoms with E-state index in [-0.39, 0.29) is 13.1 Å². The van der Waals surface area contributed by atoms with Crippen LogP contribution in [0.25, 0.3) is 0 Å². The third kappa shape index (κ3) is 6.89. The number of allylic oxidation sites excluding steroid dienone is 5. The molecule has 2 amide bonds. The topological polar surface area (TPSA) is 72.9 Å². The molecular formula is C26H31F4N3O3. The summed E-state index contributed by atoms with van der Waals surface area (Å²) in [6, 6.07) is -0.0211. The number of amides is 2. The summed E-state index contributed by atoms with van der Waals surface area (Å²) in [6.07, 6.45) is 1.91. The van der Waals surface area contributed by atoms with Gasteiger partial charge in [0.1, 0.15) is 5.82 Å². The molecule has 0 unspecified atom stereocenters. The number of nitrogens with zero attached hydrogens (tertiary/aromatic N) is 2. The Morgan fingerprint density at radius 3 is 2.72 bits per heavy atom. The van der Waals surface area contributed by atoms with E-state index in [0.717, 1.165) is 35.6 Å². The number of carboxylic acids is 1. The minimum atomic E-state index is -4.73. The Morgan fingerprint density at radius 1 is 1.31 bits per heavy atom. The molecule has 2 aliphatic rings. The van der Waals surface area contributed by atoms with Crippen molar-refractivity contribution in [1.82, 2.24) is 15.1 Å². The molecule has 0 aliphatic carbocycles. The highest BCUT2D eigenvalue weighted by Gasteiger charge is 2.38. The van der Waals surface area contributed by atoms with Crippen molar-refractivity contribution in [2.45, 2.75) is 51.2 Å². The van der Waals surface area contributed by atoms with E-state index in [2.05, 4.69) is 11.9 Å². The number of carboxylic acid groups (broad SMARTS) is 1. The third-order valence-electron chi connectivity index (χ3n) is 6.49. The first-order chi connectivity index (χ1) is 17.0. The van der Waals surface area contributed by atoms with Gasteiger partial charge in [-0.05, 0) is 56.4 Å². The van der Waals surface area contributed by atoms with Crippen LogP contribution in [0.2, 0.25) is 0 Å². The first kappa shape index (κ1) is 27.3. The number of carbonyl (C=O) groups excluding carboxylic acids is 1. The third-order valence-corrected chi connectivity index (χ3v) is 6.49. The molecule has 2 aliphatic heterocycles. The predicted molar refractivity (Wildman–Crippen MR) is 128 cm³/mol. The Balaban J connectivity index is 1.64. The number of rotatable bonds is 10. The van der Waals surface area contributed by atoms with Crippen molar-refractivity contribution >= 4 is 12.0 Å². The first-order valence-corrected chi connectivity index (χ1v) is 11.9. The Kier molecular flexibility index (Phi) is 8.81. The summed E-state index contributed by atoms with van der Waals surface area (Å²) >= 11 is 0. The van der Waals surface area contributed by atoms with Gasteiger partial charge >= 0.3 is 18.2 Å². The Morgan fingerprint density at radius 2 is 2.06 bits per heavy atom. The number of alkyl halides is 3. The molecule has 2 N–H and O–H groups in total. The van der Waals surface area contributed by atoms with E-state index >= 15 is 0 Å². The lowest BCUT2D eigenvalue weighted by Gasteiger charge is -2.28. The molecule has 0 bridgehead atoms. The Labute approximate surface area is 207 Å². The molecule has 1 aromatic carbocycles. The largest absolute Gasteiger partial charge is 0.481 e. The molecule has 6 nitrogen and oxygen atoms in total. The fraction of sp³-hybridized carbons (Fsp3) is 0.462. The second kappa shape index (κ2) is 11.6. The van der Waals surface area contributed by atoms with Gasteiger partial charge in [-0.15, -0.1) is 0 Å². The van der Waals surface area contributed by atoms with Crippen molar-refractivity contribution in [3.05, 3.63) is 70.7 Å². The van der Waals surface area contributed by atoms with Gasteiger partial charge in [0.2, 0.25) is 0 Å². The summed E-state index contributed by atoms with van der Waals surface area (Å²) in [5, 5.41) is 12.6. The zero-order valence-corrected chi connectivity index (χ0v) is 20.2. The smallest absolute Gasteiger partial charge is 0.416 e. The van der Waals surface area contributed by atoms with Crippen molar-refractivity contribution < 1.29 is 32.3 Å². The molecule has 1 atom stereocenters. The maximum atomic E-state index is 14.5. The van der Waals surface area contributed by atoms with Crippen molar-refractivity contribution in [2.24, 2.45) is 0 Å². The number of benzene rings is 1. The molecule has 0 radical (unpaired) electrons. The first-order valence-electron chi connectivity index (χ1n) is 11.9. The summed E-state index contributed by atoms with van der Waals surface area (Å²) in [7, 11) is 0. The van der Waals surface area contributed by atoms with E-state index in [1.165, 1.54) is 10.5 Å². The van der Waals surface area contributed by atoms with Crippen LogP contribution in [0.5, 0.6) is 0 Å². The molecular weight excluding hydrogens is 478 g/mol. The second-order valence-corrected chi connectivity index (χ2v) is 9.09. The average molecular weight is 510 g/mol. The Bertz CT molecular complexity index is 1070. The molecule has 10 heteroatoms. The maximum Gasteiger partial charge on any atom is 0.416 e. The van der Waals surface area contributed by atoms with Crippen LogP contribution >= 0.6 is 0 Å². The van der Waals surface area contributed by atoms with Crippen molar-refractivity contribution in [3.63, 3.8) is 0 Å². The molecule has 1 aromatic rings. The van der Waals surface area contributed by atoms with Crippen LogP contribution in [0.15, 0.2) is 53.8 Å². The molecule has 3 rings (SSSR count). The maximum absolute atomic E-state index is 14.5. The van der Waals surface area contributed by atoms with E-state index in [1.54, 1.807) is 0 Å². The molecule has 2 heterocycles. The fourth-order valence-electron chi connectivity index (χ4n) is 4.49. The van der Waals surface area contributed by atoms with Crippen LogP contribution < -0.4 is 5.32 Å². The van der Waals surface area contributed by atoms with E-state index in [0.29, 0.717) is 37.6 Å².